The quantitative estimate of drug-likeness (QED) is 0.279. The molecule has 2 atom stereocenters. The van der Waals surface area contributed by atoms with E-state index in [1.165, 1.54) is 103 Å². The van der Waals surface area contributed by atoms with Crippen LogP contribution < -0.4 is 10.6 Å². The summed E-state index contributed by atoms with van der Waals surface area (Å²) in [5.74, 6) is 0. The van der Waals surface area contributed by atoms with Crippen LogP contribution in [0.2, 0.25) is 0 Å². The highest BCUT2D eigenvalue weighted by Crippen LogP contribution is 2.30. The largest absolute Gasteiger partial charge is 0.307 e. The highest BCUT2D eigenvalue weighted by molar-refractivity contribution is 4.97. The molecule has 0 radical (unpaired) electrons. The van der Waals surface area contributed by atoms with Crippen LogP contribution in [-0.2, 0) is 0 Å². The molecule has 168 valence electrons. The molecule has 0 bridgehead atoms. The second-order valence-electron chi connectivity index (χ2n) is 10.3. The van der Waals surface area contributed by atoms with Crippen LogP contribution >= 0.6 is 0 Å². The maximum Gasteiger partial charge on any atom is 0.0226 e. The molecule has 2 nitrogen and oxygen atoms in total. The van der Waals surface area contributed by atoms with E-state index in [0.717, 1.165) is 0 Å². The summed E-state index contributed by atoms with van der Waals surface area (Å²) in [5, 5.41) is 8.45. The second-order valence-corrected chi connectivity index (χ2v) is 10.3. The number of nitrogens with one attached hydrogen (secondary N) is 2. The molecule has 1 fully saturated rings. The van der Waals surface area contributed by atoms with Crippen molar-refractivity contribution < 1.29 is 0 Å². The predicted octanol–water partition coefficient (Wildman–Crippen LogP) is 7.76. The Hall–Kier alpha value is -0.0800. The molecule has 2 unspecified atom stereocenters. The van der Waals surface area contributed by atoms with Gasteiger partial charge in [0.05, 0.1) is 0 Å². The van der Waals surface area contributed by atoms with Crippen molar-refractivity contribution in [3.05, 3.63) is 0 Å². The first-order valence-corrected chi connectivity index (χ1v) is 13.0. The minimum atomic E-state index is 0.317. The van der Waals surface area contributed by atoms with Gasteiger partial charge in [0.25, 0.3) is 0 Å². The summed E-state index contributed by atoms with van der Waals surface area (Å²) in [6.07, 6.45) is 21.4. The predicted molar refractivity (Wildman–Crippen MR) is 127 cm³/mol. The summed E-state index contributed by atoms with van der Waals surface area (Å²) in [7, 11) is 0. The molecule has 0 aromatic heterocycles. The zero-order valence-electron chi connectivity index (χ0n) is 20.5. The molecular weight excluding hydrogens is 340 g/mol. The van der Waals surface area contributed by atoms with Crippen molar-refractivity contribution in [2.45, 2.75) is 167 Å². The lowest BCUT2D eigenvalue weighted by Crippen LogP contribution is -2.61. The van der Waals surface area contributed by atoms with Crippen molar-refractivity contribution in [2.75, 3.05) is 0 Å². The van der Waals surface area contributed by atoms with E-state index in [1.807, 2.05) is 0 Å². The second kappa shape index (κ2) is 14.0. The molecule has 0 saturated heterocycles. The van der Waals surface area contributed by atoms with Gasteiger partial charge in [-0.2, -0.15) is 0 Å². The van der Waals surface area contributed by atoms with Crippen molar-refractivity contribution in [1.82, 2.24) is 10.6 Å². The highest BCUT2D eigenvalue weighted by Gasteiger charge is 2.35. The zero-order valence-corrected chi connectivity index (χ0v) is 20.5. The Bertz CT molecular complexity index is 327. The van der Waals surface area contributed by atoms with E-state index in [9.17, 15) is 0 Å². The number of hydrogen-bond acceptors (Lipinski definition) is 2. The van der Waals surface area contributed by atoms with Crippen LogP contribution in [0.4, 0.5) is 0 Å². The lowest BCUT2D eigenvalue weighted by Gasteiger charge is -2.45. The molecule has 0 aliphatic heterocycles. The van der Waals surface area contributed by atoms with Crippen molar-refractivity contribution >= 4 is 0 Å². The lowest BCUT2D eigenvalue weighted by atomic mass is 9.81. The minimum absolute atomic E-state index is 0.317. The Morgan fingerprint density at radius 2 is 0.857 bits per heavy atom. The molecule has 2 heteroatoms. The topological polar surface area (TPSA) is 24.1 Å². The Morgan fingerprint density at radius 3 is 1.11 bits per heavy atom. The van der Waals surface area contributed by atoms with Gasteiger partial charge in [0.1, 0.15) is 0 Å². The Balaban J connectivity index is 2.83. The Kier molecular flexibility index (Phi) is 13.0. The van der Waals surface area contributed by atoms with Crippen molar-refractivity contribution in [1.29, 1.82) is 0 Å². The van der Waals surface area contributed by atoms with Crippen LogP contribution in [0.1, 0.15) is 144 Å². The van der Waals surface area contributed by atoms with Gasteiger partial charge in [-0.25, -0.2) is 0 Å². The molecule has 1 rings (SSSR count). The Morgan fingerprint density at radius 1 is 0.571 bits per heavy atom. The third-order valence-electron chi connectivity index (χ3n) is 7.16. The van der Waals surface area contributed by atoms with E-state index in [-0.39, 0.29) is 0 Å². The normalized spacial score (nSPS) is 21.2. The molecular formula is C26H54N2. The van der Waals surface area contributed by atoms with Gasteiger partial charge in [-0.15, -0.1) is 0 Å². The average Bonchev–Trinajstić information content (AvgIpc) is 2.69. The minimum Gasteiger partial charge on any atom is -0.307 e. The summed E-state index contributed by atoms with van der Waals surface area (Å²) in [5.41, 5.74) is 0.633. The molecule has 0 heterocycles. The van der Waals surface area contributed by atoms with E-state index < -0.39 is 0 Å². The fourth-order valence-corrected chi connectivity index (χ4v) is 5.18. The van der Waals surface area contributed by atoms with Gasteiger partial charge in [-0.3, -0.25) is 0 Å². The average molecular weight is 395 g/mol. The van der Waals surface area contributed by atoms with Crippen LogP contribution in [0.3, 0.4) is 0 Å². The van der Waals surface area contributed by atoms with Crippen LogP contribution in [0.5, 0.6) is 0 Å². The van der Waals surface area contributed by atoms with Gasteiger partial charge < -0.3 is 10.6 Å². The molecule has 2 N–H and O–H groups in total. The molecule has 1 saturated carbocycles. The van der Waals surface area contributed by atoms with Gasteiger partial charge in [0.2, 0.25) is 0 Å². The maximum absolute atomic E-state index is 4.22. The van der Waals surface area contributed by atoms with E-state index >= 15 is 0 Å². The standard InChI is InChI=1S/C26H54N2/c1-7-11-19-25(5,20-12-8-2)27-23-17-15-16-18-24(23)28-26(6,21-13-9-3)22-14-10-4/h23-24,27-28H,7-22H2,1-6H3. The van der Waals surface area contributed by atoms with Gasteiger partial charge >= 0.3 is 0 Å². The van der Waals surface area contributed by atoms with Gasteiger partial charge in [0, 0.05) is 23.2 Å². The smallest absolute Gasteiger partial charge is 0.0226 e. The summed E-state index contributed by atoms with van der Waals surface area (Å²) in [4.78, 5) is 0. The van der Waals surface area contributed by atoms with Crippen LogP contribution in [0.25, 0.3) is 0 Å². The van der Waals surface area contributed by atoms with E-state index in [0.29, 0.717) is 23.2 Å². The molecule has 28 heavy (non-hydrogen) atoms. The Labute approximate surface area is 178 Å². The third-order valence-corrected chi connectivity index (χ3v) is 7.16. The fraction of sp³-hybridized carbons (Fsp3) is 1.00. The van der Waals surface area contributed by atoms with Gasteiger partial charge in [-0.1, -0.05) is 91.9 Å². The fourth-order valence-electron chi connectivity index (χ4n) is 5.18. The lowest BCUT2D eigenvalue weighted by molar-refractivity contribution is 0.158. The number of rotatable bonds is 16. The first kappa shape index (κ1) is 26.0. The summed E-state index contributed by atoms with van der Waals surface area (Å²) in [6, 6.07) is 1.30. The third kappa shape index (κ3) is 9.61. The summed E-state index contributed by atoms with van der Waals surface area (Å²) < 4.78 is 0. The molecule has 0 amide bonds. The molecule has 0 aromatic carbocycles. The maximum atomic E-state index is 4.22. The zero-order chi connectivity index (χ0) is 20.9. The SMILES string of the molecule is CCCCC(C)(CCCC)NC1CCCCC1NC(C)(CCCC)CCCC. The van der Waals surface area contributed by atoms with Crippen LogP contribution in [0.15, 0.2) is 0 Å². The monoisotopic (exact) mass is 394 g/mol. The van der Waals surface area contributed by atoms with E-state index in [2.05, 4.69) is 52.2 Å². The first-order chi connectivity index (χ1) is 13.4. The van der Waals surface area contributed by atoms with Crippen molar-refractivity contribution in [3.8, 4) is 0 Å². The van der Waals surface area contributed by atoms with Gasteiger partial charge in [-0.05, 0) is 52.4 Å². The summed E-state index contributed by atoms with van der Waals surface area (Å²) >= 11 is 0. The molecule has 1 aliphatic rings. The van der Waals surface area contributed by atoms with Crippen LogP contribution in [0, 0.1) is 0 Å². The molecule has 0 aromatic rings. The van der Waals surface area contributed by atoms with E-state index in [1.54, 1.807) is 0 Å². The van der Waals surface area contributed by atoms with Crippen molar-refractivity contribution in [2.24, 2.45) is 0 Å². The summed E-state index contributed by atoms with van der Waals surface area (Å²) in [6.45, 7) is 14.3. The van der Waals surface area contributed by atoms with Gasteiger partial charge in [0.15, 0.2) is 0 Å². The number of unbranched alkanes of at least 4 members (excludes halogenated alkanes) is 4. The molecule has 0 spiro atoms. The van der Waals surface area contributed by atoms with E-state index in [4.69, 9.17) is 0 Å². The molecule has 1 aliphatic carbocycles. The van der Waals surface area contributed by atoms with Crippen molar-refractivity contribution in [3.63, 3.8) is 0 Å². The van der Waals surface area contributed by atoms with Crippen LogP contribution in [-0.4, -0.2) is 23.2 Å². The first-order valence-electron chi connectivity index (χ1n) is 13.0. The number of hydrogen-bond donors (Lipinski definition) is 2. The highest BCUT2D eigenvalue weighted by atomic mass is 15.1.